The molecule has 0 spiro atoms. The summed E-state index contributed by atoms with van der Waals surface area (Å²) in [5, 5.41) is 30.9. The van der Waals surface area contributed by atoms with Crippen molar-refractivity contribution in [1.82, 2.24) is 20.3 Å². The average molecular weight is 403 g/mol. The first-order valence-corrected chi connectivity index (χ1v) is 9.77. The van der Waals surface area contributed by atoms with Gasteiger partial charge in [-0.2, -0.15) is 0 Å². The molecule has 1 unspecified atom stereocenters. The number of nitrogens with zero attached hydrogens (tertiary/aromatic N) is 1. The van der Waals surface area contributed by atoms with Crippen LogP contribution in [0.15, 0.2) is 17.3 Å². The van der Waals surface area contributed by atoms with Gasteiger partial charge in [0.15, 0.2) is 0 Å². The first-order chi connectivity index (χ1) is 12.9. The van der Waals surface area contributed by atoms with Gasteiger partial charge in [0.05, 0.1) is 19.0 Å². The SMILES string of the molecule is CCO.CCO[P+](=O)CO[C@H]1N[C@@H](c2c[nH]c3c(=O)[nH]cnc23)[C@H](O)[C@@H]1O. The molecular weight excluding hydrogens is 379 g/mol. The van der Waals surface area contributed by atoms with Gasteiger partial charge in [0.1, 0.15) is 29.5 Å². The monoisotopic (exact) mass is 403 g/mol. The molecule has 0 radical (unpaired) electrons. The van der Waals surface area contributed by atoms with Gasteiger partial charge < -0.3 is 30.0 Å². The highest BCUT2D eigenvalue weighted by atomic mass is 31.1. The fourth-order valence-electron chi connectivity index (χ4n) is 2.70. The summed E-state index contributed by atoms with van der Waals surface area (Å²) in [6, 6.07) is -0.696. The van der Waals surface area contributed by atoms with E-state index < -0.39 is 32.5 Å². The van der Waals surface area contributed by atoms with E-state index in [9.17, 15) is 19.6 Å². The minimum Gasteiger partial charge on any atom is -0.397 e. The van der Waals surface area contributed by atoms with Gasteiger partial charge in [-0.1, -0.05) is 0 Å². The molecule has 0 saturated carbocycles. The van der Waals surface area contributed by atoms with Gasteiger partial charge in [0.25, 0.3) is 11.9 Å². The van der Waals surface area contributed by atoms with E-state index in [0.717, 1.165) is 0 Å². The fraction of sp³-hybridized carbons (Fsp3) is 0.600. The summed E-state index contributed by atoms with van der Waals surface area (Å²) in [5.74, 6) is 0. The Kier molecular flexibility index (Phi) is 7.99. The second-order valence-electron chi connectivity index (χ2n) is 5.61. The highest BCUT2D eigenvalue weighted by Crippen LogP contribution is 2.32. The van der Waals surface area contributed by atoms with E-state index in [1.54, 1.807) is 20.0 Å². The molecule has 2 aromatic rings. The summed E-state index contributed by atoms with van der Waals surface area (Å²) in [4.78, 5) is 21.1. The third-order valence-corrected chi connectivity index (χ3v) is 4.72. The molecule has 6 N–H and O–H groups in total. The minimum atomic E-state index is -1.99. The van der Waals surface area contributed by atoms with E-state index in [0.29, 0.717) is 17.7 Å². The van der Waals surface area contributed by atoms with Crippen LogP contribution in [0.5, 0.6) is 0 Å². The summed E-state index contributed by atoms with van der Waals surface area (Å²) < 4.78 is 21.7. The van der Waals surface area contributed by atoms with Crippen molar-refractivity contribution in [2.75, 3.05) is 19.6 Å². The number of hydrogen-bond donors (Lipinski definition) is 6. The number of H-pyrrole nitrogens is 2. The number of aliphatic hydroxyl groups excluding tert-OH is 3. The average Bonchev–Trinajstić information content (AvgIpc) is 3.18. The minimum absolute atomic E-state index is 0.205. The number of rotatable bonds is 6. The lowest BCUT2D eigenvalue weighted by molar-refractivity contribution is -0.0493. The predicted octanol–water partition coefficient (Wildman–Crippen LogP) is -0.305. The molecule has 150 valence electrons. The van der Waals surface area contributed by atoms with Gasteiger partial charge in [-0.3, -0.25) is 10.1 Å². The van der Waals surface area contributed by atoms with Crippen molar-refractivity contribution in [3.8, 4) is 0 Å². The first kappa shape index (κ1) is 21.6. The molecule has 3 rings (SSSR count). The van der Waals surface area contributed by atoms with Gasteiger partial charge in [0, 0.05) is 18.4 Å². The Morgan fingerprint density at radius 1 is 1.26 bits per heavy atom. The lowest BCUT2D eigenvalue weighted by Crippen LogP contribution is -2.35. The van der Waals surface area contributed by atoms with E-state index in [-0.39, 0.29) is 24.0 Å². The molecule has 3 heterocycles. The number of aromatic nitrogens is 3. The van der Waals surface area contributed by atoms with Crippen LogP contribution < -0.4 is 10.9 Å². The summed E-state index contributed by atoms with van der Waals surface area (Å²) >= 11 is 0. The molecule has 1 saturated heterocycles. The van der Waals surface area contributed by atoms with Gasteiger partial charge in [-0.25, -0.2) is 4.98 Å². The molecule has 1 fully saturated rings. The Balaban J connectivity index is 0.000000817. The van der Waals surface area contributed by atoms with Gasteiger partial charge in [-0.15, -0.1) is 4.52 Å². The van der Waals surface area contributed by atoms with Crippen LogP contribution in [0.3, 0.4) is 0 Å². The molecule has 1 aliphatic heterocycles. The maximum Gasteiger partial charge on any atom is 0.537 e. The molecule has 1 aliphatic rings. The predicted molar refractivity (Wildman–Crippen MR) is 96.3 cm³/mol. The molecule has 0 aliphatic carbocycles. The summed E-state index contributed by atoms with van der Waals surface area (Å²) in [5.41, 5.74) is 0.868. The highest BCUT2D eigenvalue weighted by Gasteiger charge is 2.44. The Morgan fingerprint density at radius 2 is 1.96 bits per heavy atom. The Morgan fingerprint density at radius 3 is 2.63 bits per heavy atom. The number of ether oxygens (including phenoxy) is 1. The van der Waals surface area contributed by atoms with Gasteiger partial charge in [-0.05, 0) is 18.4 Å². The van der Waals surface area contributed by atoms with Crippen molar-refractivity contribution in [2.24, 2.45) is 0 Å². The Bertz CT molecular complexity index is 811. The van der Waals surface area contributed by atoms with Crippen LogP contribution >= 0.6 is 8.03 Å². The van der Waals surface area contributed by atoms with Gasteiger partial charge in [0.2, 0.25) is 0 Å². The van der Waals surface area contributed by atoms with Crippen LogP contribution in [0.4, 0.5) is 0 Å². The molecule has 27 heavy (non-hydrogen) atoms. The Labute approximate surface area is 155 Å². The normalized spacial score (nSPS) is 25.3. The maximum absolute atomic E-state index is 11.7. The van der Waals surface area contributed by atoms with Crippen LogP contribution in [0.25, 0.3) is 11.0 Å². The molecule has 0 aromatic carbocycles. The van der Waals surface area contributed by atoms with Crippen LogP contribution in [0.1, 0.15) is 25.5 Å². The summed E-state index contributed by atoms with van der Waals surface area (Å²) in [7, 11) is -1.99. The maximum atomic E-state index is 11.7. The zero-order valence-electron chi connectivity index (χ0n) is 15.0. The zero-order valence-corrected chi connectivity index (χ0v) is 15.8. The van der Waals surface area contributed by atoms with Crippen molar-refractivity contribution < 1.29 is 29.1 Å². The number of aliphatic hydroxyl groups is 3. The van der Waals surface area contributed by atoms with E-state index in [2.05, 4.69) is 20.3 Å². The second-order valence-corrected chi connectivity index (χ2v) is 6.79. The van der Waals surface area contributed by atoms with Crippen molar-refractivity contribution >= 4 is 19.1 Å². The second kappa shape index (κ2) is 10.00. The Hall–Kier alpha value is -1.72. The van der Waals surface area contributed by atoms with Crippen LogP contribution in [-0.2, 0) is 13.8 Å². The highest BCUT2D eigenvalue weighted by molar-refractivity contribution is 7.38. The molecule has 5 atom stereocenters. The van der Waals surface area contributed by atoms with E-state index in [1.165, 1.54) is 6.33 Å². The smallest absolute Gasteiger partial charge is 0.397 e. The molecule has 11 nitrogen and oxygen atoms in total. The summed E-state index contributed by atoms with van der Waals surface area (Å²) in [6.07, 6.45) is -0.726. The van der Waals surface area contributed by atoms with Crippen LogP contribution in [-0.4, -0.2) is 68.3 Å². The van der Waals surface area contributed by atoms with Gasteiger partial charge >= 0.3 is 8.03 Å². The zero-order chi connectivity index (χ0) is 20.0. The third-order valence-electron chi connectivity index (χ3n) is 3.81. The lowest BCUT2D eigenvalue weighted by Gasteiger charge is -2.14. The molecule has 0 amide bonds. The molecular formula is C15H24N4O7P+. The third kappa shape index (κ3) is 4.96. The van der Waals surface area contributed by atoms with E-state index >= 15 is 0 Å². The number of fused-ring (bicyclic) bond motifs is 1. The van der Waals surface area contributed by atoms with E-state index in [4.69, 9.17) is 14.4 Å². The fourth-order valence-corrected chi connectivity index (χ4v) is 3.35. The van der Waals surface area contributed by atoms with E-state index in [1.807, 2.05) is 0 Å². The number of aromatic amines is 2. The van der Waals surface area contributed by atoms with Crippen LogP contribution in [0, 0.1) is 0 Å². The first-order valence-electron chi connectivity index (χ1n) is 8.41. The van der Waals surface area contributed by atoms with Crippen molar-refractivity contribution in [3.05, 3.63) is 28.4 Å². The topological polar surface area (TPSA) is 170 Å². The number of hydrogen-bond acceptors (Lipinski definition) is 9. The molecule has 12 heteroatoms. The van der Waals surface area contributed by atoms with Crippen LogP contribution in [0.2, 0.25) is 0 Å². The molecule has 0 bridgehead atoms. The standard InChI is InChI=1S/C13H17N4O6P.C2H6O/c1-2-23-24(21)5-22-13-11(19)10(18)8(17-13)6-3-14-9-7(6)15-4-16-12(9)20;1-2-3/h3-4,8,10-11,13,17-19H,2,5H2,1H3,(H-,14,15,16,20);3H,2H2,1H3/p+1/t8-,10-,11-,13+;/m0./s1. The van der Waals surface area contributed by atoms with Crippen molar-refractivity contribution in [2.45, 2.75) is 38.3 Å². The largest absolute Gasteiger partial charge is 0.537 e. The number of nitrogens with one attached hydrogen (secondary N) is 3. The van der Waals surface area contributed by atoms with Crippen molar-refractivity contribution in [1.29, 1.82) is 0 Å². The van der Waals surface area contributed by atoms with Crippen molar-refractivity contribution in [3.63, 3.8) is 0 Å². The molecule has 2 aromatic heterocycles. The quantitative estimate of drug-likeness (QED) is 0.354. The summed E-state index contributed by atoms with van der Waals surface area (Å²) in [6.45, 7) is 3.93. The lowest BCUT2D eigenvalue weighted by atomic mass is 10.0.